The predicted molar refractivity (Wildman–Crippen MR) is 147 cm³/mol. The molecule has 38 heavy (non-hydrogen) atoms. The lowest BCUT2D eigenvalue weighted by Crippen LogP contribution is -2.15. The molecule has 12 heteroatoms. The van der Waals surface area contributed by atoms with Gasteiger partial charge in [0, 0.05) is 26.2 Å². The van der Waals surface area contributed by atoms with Gasteiger partial charge in [-0.1, -0.05) is 24.3 Å². The third-order valence-electron chi connectivity index (χ3n) is 5.57. The van der Waals surface area contributed by atoms with Gasteiger partial charge in [0.05, 0.1) is 27.4 Å². The zero-order valence-corrected chi connectivity index (χ0v) is 21.4. The predicted octanol–water partition coefficient (Wildman–Crippen LogP) is 2.47. The molecule has 0 bridgehead atoms. The number of methoxy groups -OCH3 is 2. The van der Waals surface area contributed by atoms with E-state index in [1.807, 2.05) is 48.5 Å². The van der Waals surface area contributed by atoms with Crippen molar-refractivity contribution in [3.05, 3.63) is 59.7 Å². The molecule has 0 spiro atoms. The molecule has 2 aromatic heterocycles. The summed E-state index contributed by atoms with van der Waals surface area (Å²) in [5.74, 6) is 3.20. The van der Waals surface area contributed by atoms with Crippen molar-refractivity contribution in [1.82, 2.24) is 19.9 Å². The Labute approximate surface area is 220 Å². The maximum absolute atomic E-state index is 9.31. The number of anilines is 4. The van der Waals surface area contributed by atoms with Gasteiger partial charge in [-0.25, -0.2) is 9.97 Å². The maximum Gasteiger partial charge on any atom is 0.225 e. The van der Waals surface area contributed by atoms with E-state index < -0.39 is 0 Å². The lowest BCUT2D eigenvalue weighted by Gasteiger charge is -2.15. The van der Waals surface area contributed by atoms with Crippen LogP contribution in [0.4, 0.5) is 23.5 Å². The summed E-state index contributed by atoms with van der Waals surface area (Å²) in [5, 5.41) is 31.4. The van der Waals surface area contributed by atoms with Crippen LogP contribution in [0.1, 0.15) is 11.1 Å². The van der Waals surface area contributed by atoms with Gasteiger partial charge in [0.15, 0.2) is 11.6 Å². The van der Waals surface area contributed by atoms with Crippen molar-refractivity contribution >= 4 is 34.6 Å². The zero-order chi connectivity index (χ0) is 26.7. The molecule has 6 N–H and O–H groups in total. The number of ether oxygens (including phenoxy) is 2. The van der Waals surface area contributed by atoms with Crippen molar-refractivity contribution in [3.8, 4) is 11.5 Å². The van der Waals surface area contributed by atoms with E-state index in [1.165, 1.54) is 0 Å². The highest BCUT2D eigenvalue weighted by molar-refractivity contribution is 5.94. The van der Waals surface area contributed by atoms with Crippen LogP contribution < -0.4 is 30.7 Å². The van der Waals surface area contributed by atoms with Crippen molar-refractivity contribution in [2.75, 3.05) is 61.8 Å². The number of aliphatic hydroxyl groups excluding tert-OH is 2. The topological polar surface area (TPSA) is 159 Å². The maximum atomic E-state index is 9.31. The highest BCUT2D eigenvalue weighted by Crippen LogP contribution is 2.28. The van der Waals surface area contributed by atoms with Crippen molar-refractivity contribution in [2.24, 2.45) is 0 Å². The van der Waals surface area contributed by atoms with Gasteiger partial charge < -0.3 is 41.0 Å². The fraction of sp³-hybridized carbons (Fsp3) is 0.308. The first kappa shape index (κ1) is 26.6. The monoisotopic (exact) mass is 520 g/mol. The normalized spacial score (nSPS) is 10.7. The molecule has 0 saturated heterocycles. The van der Waals surface area contributed by atoms with Gasteiger partial charge >= 0.3 is 0 Å². The number of rotatable bonds is 14. The van der Waals surface area contributed by atoms with Crippen molar-refractivity contribution < 1.29 is 19.7 Å². The minimum Gasteiger partial charge on any atom is -0.497 e. The second-order valence-electron chi connectivity index (χ2n) is 8.19. The Kier molecular flexibility index (Phi) is 9.27. The van der Waals surface area contributed by atoms with E-state index in [4.69, 9.17) is 9.47 Å². The Bertz CT molecular complexity index is 1220. The number of benzene rings is 2. The van der Waals surface area contributed by atoms with Gasteiger partial charge in [0.25, 0.3) is 0 Å². The Morgan fingerprint density at radius 1 is 0.579 bits per heavy atom. The summed E-state index contributed by atoms with van der Waals surface area (Å²) in [4.78, 5) is 18.5. The van der Waals surface area contributed by atoms with Crippen LogP contribution in [0.2, 0.25) is 0 Å². The molecular formula is C26H32N8O4. The molecule has 0 fully saturated rings. The summed E-state index contributed by atoms with van der Waals surface area (Å²) in [6.45, 7) is 1.39. The van der Waals surface area contributed by atoms with Crippen molar-refractivity contribution in [2.45, 2.75) is 13.1 Å². The fourth-order valence-corrected chi connectivity index (χ4v) is 3.61. The van der Waals surface area contributed by atoms with Crippen molar-refractivity contribution in [1.29, 1.82) is 0 Å². The zero-order valence-electron chi connectivity index (χ0n) is 21.4. The highest BCUT2D eigenvalue weighted by Gasteiger charge is 2.16. The highest BCUT2D eigenvalue weighted by atomic mass is 16.5. The minimum atomic E-state index is -0.0703. The number of hydrogen-bond donors (Lipinski definition) is 6. The SMILES string of the molecule is COc1ccc(CNc2nc(NCCO)nc3c(NCc4ccc(OC)cc4)nc(NCCO)nc23)cc1. The van der Waals surface area contributed by atoms with Crippen LogP contribution >= 0.6 is 0 Å². The quantitative estimate of drug-likeness (QED) is 0.144. The molecule has 2 heterocycles. The standard InChI is InChI=1S/C26H32N8O4/c1-37-19-7-3-17(4-8-19)15-29-23-21-22(32-25(33-23)27-11-13-35)24(34-26(31-21)28-12-14-36)30-16-18-5-9-20(38-2)10-6-18/h3-10,35-36H,11-16H2,1-2H3,(H2,27,29,32,33)(H2,28,30,31,34). The van der Waals surface area contributed by atoms with Crippen molar-refractivity contribution in [3.63, 3.8) is 0 Å². The third-order valence-corrected chi connectivity index (χ3v) is 5.57. The van der Waals surface area contributed by atoms with Crippen LogP contribution in [0, 0.1) is 0 Å². The molecule has 4 aromatic rings. The number of hydrogen-bond acceptors (Lipinski definition) is 12. The molecule has 200 valence electrons. The lowest BCUT2D eigenvalue weighted by molar-refractivity contribution is 0.310. The molecular weight excluding hydrogens is 488 g/mol. The second kappa shape index (κ2) is 13.2. The number of nitrogens with zero attached hydrogens (tertiary/aromatic N) is 4. The van der Waals surface area contributed by atoms with Crippen LogP contribution in [0.3, 0.4) is 0 Å². The van der Waals surface area contributed by atoms with E-state index in [0.29, 0.717) is 47.7 Å². The first-order valence-corrected chi connectivity index (χ1v) is 12.2. The molecule has 0 radical (unpaired) electrons. The summed E-state index contributed by atoms with van der Waals surface area (Å²) >= 11 is 0. The molecule has 2 aromatic carbocycles. The molecule has 0 aliphatic carbocycles. The van der Waals surface area contributed by atoms with Gasteiger partial charge in [0.2, 0.25) is 11.9 Å². The lowest BCUT2D eigenvalue weighted by atomic mass is 10.2. The fourth-order valence-electron chi connectivity index (χ4n) is 3.61. The number of aromatic nitrogens is 4. The van der Waals surface area contributed by atoms with Gasteiger partial charge in [0.1, 0.15) is 22.5 Å². The average molecular weight is 521 g/mol. The van der Waals surface area contributed by atoms with E-state index in [1.54, 1.807) is 14.2 Å². The van der Waals surface area contributed by atoms with Gasteiger partial charge in [-0.2, -0.15) is 9.97 Å². The van der Waals surface area contributed by atoms with E-state index in [9.17, 15) is 10.2 Å². The van der Waals surface area contributed by atoms with Gasteiger partial charge in [-0.05, 0) is 35.4 Å². The number of fused-ring (bicyclic) bond motifs is 1. The molecule has 0 unspecified atom stereocenters. The molecule has 0 saturated carbocycles. The average Bonchev–Trinajstić information content (AvgIpc) is 2.97. The summed E-state index contributed by atoms with van der Waals surface area (Å²) in [5.41, 5.74) is 3.04. The Morgan fingerprint density at radius 3 is 1.32 bits per heavy atom. The smallest absolute Gasteiger partial charge is 0.225 e. The van der Waals surface area contributed by atoms with Gasteiger partial charge in [-0.15, -0.1) is 0 Å². The minimum absolute atomic E-state index is 0.0703. The van der Waals surface area contributed by atoms with E-state index in [0.717, 1.165) is 22.6 Å². The van der Waals surface area contributed by atoms with Crippen LogP contribution in [0.15, 0.2) is 48.5 Å². The van der Waals surface area contributed by atoms with Gasteiger partial charge in [-0.3, -0.25) is 0 Å². The largest absolute Gasteiger partial charge is 0.497 e. The summed E-state index contributed by atoms with van der Waals surface area (Å²) in [6.07, 6.45) is 0. The Hall–Kier alpha value is -4.42. The molecule has 0 aliphatic heterocycles. The molecule has 12 nitrogen and oxygen atoms in total. The Balaban J connectivity index is 1.70. The summed E-state index contributed by atoms with van der Waals surface area (Å²) in [6, 6.07) is 15.4. The number of aliphatic hydroxyl groups is 2. The van der Waals surface area contributed by atoms with E-state index in [-0.39, 0.29) is 26.3 Å². The second-order valence-corrected chi connectivity index (χ2v) is 8.19. The molecule has 0 aliphatic rings. The first-order valence-electron chi connectivity index (χ1n) is 12.2. The molecule has 0 amide bonds. The van der Waals surface area contributed by atoms with E-state index >= 15 is 0 Å². The van der Waals surface area contributed by atoms with E-state index in [2.05, 4.69) is 41.2 Å². The van der Waals surface area contributed by atoms with Crippen LogP contribution in [-0.4, -0.2) is 70.7 Å². The molecule has 0 atom stereocenters. The van der Waals surface area contributed by atoms with Crippen LogP contribution in [-0.2, 0) is 13.1 Å². The third kappa shape index (κ3) is 6.87. The Morgan fingerprint density at radius 2 is 0.974 bits per heavy atom. The summed E-state index contributed by atoms with van der Waals surface area (Å²) in [7, 11) is 3.26. The van der Waals surface area contributed by atoms with Crippen LogP contribution in [0.25, 0.3) is 11.0 Å². The summed E-state index contributed by atoms with van der Waals surface area (Å²) < 4.78 is 10.5. The number of nitrogens with one attached hydrogen (secondary N) is 4. The first-order chi connectivity index (χ1) is 18.6. The molecule has 4 rings (SSSR count). The van der Waals surface area contributed by atoms with Crippen LogP contribution in [0.5, 0.6) is 11.5 Å².